The minimum absolute atomic E-state index is 1.23. The lowest BCUT2D eigenvalue weighted by molar-refractivity contribution is -0.704. The van der Waals surface area contributed by atoms with Gasteiger partial charge in [0.15, 0.2) is 0 Å². The maximum Gasteiger partial charge on any atom is 0.256 e. The van der Waals surface area contributed by atoms with Gasteiger partial charge in [-0.25, -0.2) is 9.13 Å². The second-order valence-corrected chi connectivity index (χ2v) is 12.7. The van der Waals surface area contributed by atoms with E-state index in [1.54, 1.807) is 5.82 Å². The Bertz CT molecular complexity index is 605. The number of aryl methyl sites for hydroxylation is 2. The summed E-state index contributed by atoms with van der Waals surface area (Å²) in [6.45, 7) is 9.39. The third kappa shape index (κ3) is 21.6. The minimum Gasteiger partial charge on any atom is -0.234 e. The highest BCUT2D eigenvalue weighted by Gasteiger charge is 2.16. The summed E-state index contributed by atoms with van der Waals surface area (Å²) in [4.78, 5) is 0. The predicted octanol–water partition coefficient (Wildman–Crippen LogP) is 12.3. The van der Waals surface area contributed by atoms with Gasteiger partial charge >= 0.3 is 0 Å². The van der Waals surface area contributed by atoms with E-state index in [1.807, 2.05) is 0 Å². The van der Waals surface area contributed by atoms with Gasteiger partial charge in [0.25, 0.3) is 5.82 Å². The van der Waals surface area contributed by atoms with Gasteiger partial charge in [0, 0.05) is 6.42 Å². The number of aromatic nitrogens is 2. The normalized spacial score (nSPS) is 11.6. The van der Waals surface area contributed by atoms with Gasteiger partial charge in [-0.05, 0) is 32.1 Å². The third-order valence-electron chi connectivity index (χ3n) is 8.85. The monoisotopic (exact) mass is 546 g/mol. The first-order chi connectivity index (χ1) is 19.3. The molecule has 0 amide bonds. The average Bonchev–Trinajstić information content (AvgIpc) is 3.33. The highest BCUT2D eigenvalue weighted by Crippen LogP contribution is 2.15. The fourth-order valence-electron chi connectivity index (χ4n) is 6.15. The van der Waals surface area contributed by atoms with Gasteiger partial charge in [-0.1, -0.05) is 168 Å². The van der Waals surface area contributed by atoms with Crippen LogP contribution in [0.15, 0.2) is 12.4 Å². The van der Waals surface area contributed by atoms with Crippen molar-refractivity contribution in [1.82, 2.24) is 4.57 Å². The van der Waals surface area contributed by atoms with Crippen LogP contribution >= 0.6 is 0 Å². The van der Waals surface area contributed by atoms with Gasteiger partial charge in [-0.2, -0.15) is 0 Å². The Morgan fingerprint density at radius 2 is 0.795 bits per heavy atom. The fraction of sp³-hybridized carbons (Fsp3) is 0.919. The molecule has 230 valence electrons. The van der Waals surface area contributed by atoms with Crippen LogP contribution in [0.3, 0.4) is 0 Å². The molecule has 0 N–H and O–H groups in total. The maximum atomic E-state index is 2.63. The van der Waals surface area contributed by atoms with Gasteiger partial charge in [0.2, 0.25) is 0 Å². The summed E-state index contributed by atoms with van der Waals surface area (Å²) in [7, 11) is 0. The van der Waals surface area contributed by atoms with E-state index in [2.05, 4.69) is 42.3 Å². The van der Waals surface area contributed by atoms with Crippen LogP contribution in [0, 0.1) is 0 Å². The first-order valence-corrected chi connectivity index (χ1v) is 18.4. The van der Waals surface area contributed by atoms with E-state index >= 15 is 0 Å². The zero-order valence-electron chi connectivity index (χ0n) is 27.5. The Labute approximate surface area is 247 Å². The molecule has 39 heavy (non-hydrogen) atoms. The van der Waals surface area contributed by atoms with E-state index in [0.717, 1.165) is 0 Å². The minimum atomic E-state index is 1.23. The van der Waals surface area contributed by atoms with Gasteiger partial charge < -0.3 is 0 Å². The Hall–Kier alpha value is -0.790. The molecule has 0 aliphatic rings. The van der Waals surface area contributed by atoms with Crippen molar-refractivity contribution in [3.05, 3.63) is 18.2 Å². The number of unbranched alkanes of at least 4 members (excludes halogenated alkanes) is 25. The number of hydrogen-bond donors (Lipinski definition) is 0. The SMILES string of the molecule is CCCCCCCCCCCCCn1cc[n+](CCCCCCCCC)c1CCCCCCCCCCCC. The molecule has 0 saturated carbocycles. The van der Waals surface area contributed by atoms with E-state index in [-0.39, 0.29) is 0 Å². The fourth-order valence-corrected chi connectivity index (χ4v) is 6.15. The molecule has 1 aromatic rings. The molecule has 0 spiro atoms. The second kappa shape index (κ2) is 28.7. The van der Waals surface area contributed by atoms with Crippen LogP contribution in [0.5, 0.6) is 0 Å². The van der Waals surface area contributed by atoms with Crippen molar-refractivity contribution >= 4 is 0 Å². The molecular formula is C37H73N2+. The van der Waals surface area contributed by atoms with Crippen LogP contribution in [-0.4, -0.2) is 4.57 Å². The molecule has 0 fully saturated rings. The number of nitrogens with zero attached hydrogens (tertiary/aromatic N) is 2. The summed E-state index contributed by atoms with van der Waals surface area (Å²) in [6, 6.07) is 0. The summed E-state index contributed by atoms with van der Waals surface area (Å²) >= 11 is 0. The molecule has 1 aromatic heterocycles. The lowest BCUT2D eigenvalue weighted by Crippen LogP contribution is -2.37. The molecule has 2 heteroatoms. The van der Waals surface area contributed by atoms with Gasteiger partial charge in [0.05, 0.1) is 13.1 Å². The van der Waals surface area contributed by atoms with E-state index in [1.165, 1.54) is 199 Å². The smallest absolute Gasteiger partial charge is 0.234 e. The van der Waals surface area contributed by atoms with Crippen molar-refractivity contribution in [2.24, 2.45) is 0 Å². The zero-order chi connectivity index (χ0) is 28.1. The molecule has 0 aliphatic carbocycles. The van der Waals surface area contributed by atoms with Crippen LogP contribution in [0.1, 0.15) is 206 Å². The topological polar surface area (TPSA) is 8.81 Å². The van der Waals surface area contributed by atoms with Crippen LogP contribution in [-0.2, 0) is 19.5 Å². The van der Waals surface area contributed by atoms with Gasteiger partial charge in [-0.15, -0.1) is 0 Å². The summed E-state index contributed by atoms with van der Waals surface area (Å²) in [6.07, 6.45) is 45.9. The second-order valence-electron chi connectivity index (χ2n) is 12.7. The summed E-state index contributed by atoms with van der Waals surface area (Å²) in [5.74, 6) is 1.62. The summed E-state index contributed by atoms with van der Waals surface area (Å²) < 4.78 is 5.25. The third-order valence-corrected chi connectivity index (χ3v) is 8.85. The lowest BCUT2D eigenvalue weighted by atomic mass is 10.1. The van der Waals surface area contributed by atoms with Gasteiger partial charge in [-0.3, -0.25) is 0 Å². The van der Waals surface area contributed by atoms with E-state index in [0.29, 0.717) is 0 Å². The van der Waals surface area contributed by atoms with Crippen LogP contribution in [0.25, 0.3) is 0 Å². The maximum absolute atomic E-state index is 2.63. The quantitative estimate of drug-likeness (QED) is 0.0648. The van der Waals surface area contributed by atoms with Crippen LogP contribution in [0.4, 0.5) is 0 Å². The molecule has 0 atom stereocenters. The Morgan fingerprint density at radius 3 is 1.23 bits per heavy atom. The predicted molar refractivity (Wildman–Crippen MR) is 175 cm³/mol. The number of imidazole rings is 1. The van der Waals surface area contributed by atoms with Crippen molar-refractivity contribution in [2.45, 2.75) is 220 Å². The van der Waals surface area contributed by atoms with Crippen molar-refractivity contribution in [3.8, 4) is 0 Å². The van der Waals surface area contributed by atoms with Crippen LogP contribution < -0.4 is 4.57 Å². The van der Waals surface area contributed by atoms with Gasteiger partial charge in [0.1, 0.15) is 12.4 Å². The molecule has 0 bridgehead atoms. The molecule has 1 rings (SSSR count). The molecule has 2 nitrogen and oxygen atoms in total. The molecular weight excluding hydrogens is 472 g/mol. The van der Waals surface area contributed by atoms with Crippen molar-refractivity contribution in [3.63, 3.8) is 0 Å². The van der Waals surface area contributed by atoms with Crippen molar-refractivity contribution in [1.29, 1.82) is 0 Å². The first kappa shape index (κ1) is 36.2. The van der Waals surface area contributed by atoms with E-state index in [9.17, 15) is 0 Å². The Balaban J connectivity index is 2.32. The lowest BCUT2D eigenvalue weighted by Gasteiger charge is -2.07. The number of rotatable bonds is 31. The van der Waals surface area contributed by atoms with Crippen LogP contribution in [0.2, 0.25) is 0 Å². The Morgan fingerprint density at radius 1 is 0.436 bits per heavy atom. The highest BCUT2D eigenvalue weighted by atomic mass is 15.1. The van der Waals surface area contributed by atoms with Crippen molar-refractivity contribution < 1.29 is 4.57 Å². The first-order valence-electron chi connectivity index (χ1n) is 18.4. The molecule has 0 unspecified atom stereocenters. The molecule has 1 heterocycles. The molecule has 0 aliphatic heterocycles. The van der Waals surface area contributed by atoms with Crippen molar-refractivity contribution in [2.75, 3.05) is 0 Å². The van der Waals surface area contributed by atoms with E-state index < -0.39 is 0 Å². The van der Waals surface area contributed by atoms with E-state index in [4.69, 9.17) is 0 Å². The molecule has 0 aromatic carbocycles. The number of hydrogen-bond acceptors (Lipinski definition) is 0. The standard InChI is InChI=1S/C37H73N2/c1-4-7-10-13-16-18-20-22-25-28-31-34-39-36-35-38(33-30-27-24-15-12-9-6-3)37(39)32-29-26-23-21-19-17-14-11-8-5-2/h35-36H,4-34H2,1-3H3/q+1. The summed E-state index contributed by atoms with van der Waals surface area (Å²) in [5.41, 5.74) is 0. The molecule has 0 radical (unpaired) electrons. The Kier molecular flexibility index (Phi) is 26.7. The largest absolute Gasteiger partial charge is 0.256 e. The molecule has 0 saturated heterocycles. The highest BCUT2D eigenvalue weighted by molar-refractivity contribution is 4.84. The summed E-state index contributed by atoms with van der Waals surface area (Å²) in [5, 5.41) is 0. The zero-order valence-corrected chi connectivity index (χ0v) is 27.5. The average molecular weight is 546 g/mol.